The average molecular weight is 447 g/mol. The van der Waals surface area contributed by atoms with Gasteiger partial charge in [-0.05, 0) is 69.1 Å². The summed E-state index contributed by atoms with van der Waals surface area (Å²) in [5.41, 5.74) is 16.4. The van der Waals surface area contributed by atoms with Crippen molar-refractivity contribution in [2.24, 2.45) is 0 Å². The third-order valence-electron chi connectivity index (χ3n) is 8.02. The van der Waals surface area contributed by atoms with E-state index in [0.717, 1.165) is 45.8 Å². The first kappa shape index (κ1) is 17.8. The lowest BCUT2D eigenvalue weighted by Gasteiger charge is -2.09. The maximum Gasteiger partial charge on any atom is 0.165 e. The minimum atomic E-state index is 0.913. The molecular formula is C31H18N4. The van der Waals surface area contributed by atoms with Gasteiger partial charge in [0.1, 0.15) is 5.52 Å². The summed E-state index contributed by atoms with van der Waals surface area (Å²) in [7, 11) is 0. The topological polar surface area (TPSA) is 43.1 Å². The predicted octanol–water partition coefficient (Wildman–Crippen LogP) is 6.73. The van der Waals surface area contributed by atoms with Gasteiger partial charge in [0.25, 0.3) is 0 Å². The van der Waals surface area contributed by atoms with Crippen molar-refractivity contribution >= 4 is 38.5 Å². The van der Waals surface area contributed by atoms with Crippen LogP contribution >= 0.6 is 0 Å². The van der Waals surface area contributed by atoms with E-state index in [9.17, 15) is 0 Å². The molecule has 3 aromatic carbocycles. The monoisotopic (exact) mass is 446 g/mol. The van der Waals surface area contributed by atoms with Crippen LogP contribution in [0, 0.1) is 0 Å². The van der Waals surface area contributed by atoms with Crippen molar-refractivity contribution in [3.63, 3.8) is 0 Å². The molecule has 0 spiro atoms. The van der Waals surface area contributed by atoms with Crippen LogP contribution in [0.2, 0.25) is 0 Å². The molecular weight excluding hydrogens is 428 g/mol. The molecule has 162 valence electrons. The van der Waals surface area contributed by atoms with Gasteiger partial charge in [0.2, 0.25) is 0 Å². The lowest BCUT2D eigenvalue weighted by atomic mass is 9.96. The van der Waals surface area contributed by atoms with Crippen LogP contribution in [0.1, 0.15) is 22.3 Å². The molecule has 0 aliphatic heterocycles. The molecule has 0 bridgehead atoms. The SMILES string of the molecule is c1ccc2c(c1)Cc1c-2ccc2c1Cc1c-2ccc2nc3c4ncccc4c4cnccc4n3c12. The van der Waals surface area contributed by atoms with Gasteiger partial charge in [0, 0.05) is 35.8 Å². The highest BCUT2D eigenvalue weighted by Crippen LogP contribution is 2.48. The molecule has 0 amide bonds. The van der Waals surface area contributed by atoms with Crippen molar-refractivity contribution in [2.45, 2.75) is 12.8 Å². The normalized spacial score (nSPS) is 13.5. The Bertz CT molecular complexity index is 2070. The van der Waals surface area contributed by atoms with E-state index in [1.807, 2.05) is 24.7 Å². The Morgan fingerprint density at radius 2 is 1.49 bits per heavy atom. The Morgan fingerprint density at radius 3 is 2.46 bits per heavy atom. The summed E-state index contributed by atoms with van der Waals surface area (Å²) in [5, 5.41) is 2.20. The van der Waals surface area contributed by atoms with E-state index in [1.54, 1.807) is 0 Å². The van der Waals surface area contributed by atoms with Crippen molar-refractivity contribution in [3.8, 4) is 22.3 Å². The van der Waals surface area contributed by atoms with Crippen LogP contribution in [0.25, 0.3) is 60.7 Å². The highest BCUT2D eigenvalue weighted by molar-refractivity contribution is 6.12. The zero-order chi connectivity index (χ0) is 22.7. The first-order valence-electron chi connectivity index (χ1n) is 12.0. The van der Waals surface area contributed by atoms with E-state index in [-0.39, 0.29) is 0 Å². The van der Waals surface area contributed by atoms with Gasteiger partial charge in [0.05, 0.1) is 16.6 Å². The van der Waals surface area contributed by atoms with E-state index in [2.05, 4.69) is 70.0 Å². The number of aromatic nitrogens is 4. The highest BCUT2D eigenvalue weighted by atomic mass is 15.0. The lowest BCUT2D eigenvalue weighted by molar-refractivity contribution is 1.16. The summed E-state index contributed by atoms with van der Waals surface area (Å²) in [6.45, 7) is 0. The van der Waals surface area contributed by atoms with E-state index in [4.69, 9.17) is 9.97 Å². The van der Waals surface area contributed by atoms with Gasteiger partial charge in [-0.25, -0.2) is 4.98 Å². The largest absolute Gasteiger partial charge is 0.290 e. The standard InChI is InChI=1S/C31H18N4/c1-2-5-18-17(4-1)14-23-19(18)7-8-20-21-9-10-27-30(25(21)15-24(20)23)35-28-11-13-32-16-26(28)22-6-3-12-33-29(22)31(35)34-27/h1-13,16H,14-15H2. The van der Waals surface area contributed by atoms with E-state index in [1.165, 1.54) is 50.0 Å². The number of imidazole rings is 1. The van der Waals surface area contributed by atoms with Gasteiger partial charge >= 0.3 is 0 Å². The molecule has 4 aromatic heterocycles. The minimum Gasteiger partial charge on any atom is -0.290 e. The molecule has 4 nitrogen and oxygen atoms in total. The fourth-order valence-electron chi connectivity index (χ4n) is 6.55. The number of benzene rings is 3. The predicted molar refractivity (Wildman–Crippen MR) is 140 cm³/mol. The molecule has 0 radical (unpaired) electrons. The summed E-state index contributed by atoms with van der Waals surface area (Å²) >= 11 is 0. The Kier molecular flexibility index (Phi) is 3.11. The number of rotatable bonds is 0. The fourth-order valence-corrected chi connectivity index (χ4v) is 6.55. The van der Waals surface area contributed by atoms with E-state index < -0.39 is 0 Å². The molecule has 2 aliphatic carbocycles. The van der Waals surface area contributed by atoms with Crippen molar-refractivity contribution in [2.75, 3.05) is 0 Å². The minimum absolute atomic E-state index is 0.913. The smallest absolute Gasteiger partial charge is 0.165 e. The Balaban J connectivity index is 1.39. The van der Waals surface area contributed by atoms with Gasteiger partial charge in [-0.2, -0.15) is 0 Å². The summed E-state index contributed by atoms with van der Waals surface area (Å²) < 4.78 is 2.32. The van der Waals surface area contributed by atoms with Crippen LogP contribution in [0.4, 0.5) is 0 Å². The molecule has 0 N–H and O–H groups in total. The first-order chi connectivity index (χ1) is 17.4. The molecule has 2 aliphatic rings. The lowest BCUT2D eigenvalue weighted by Crippen LogP contribution is -1.96. The van der Waals surface area contributed by atoms with E-state index >= 15 is 0 Å². The zero-order valence-corrected chi connectivity index (χ0v) is 18.8. The number of hydrogen-bond acceptors (Lipinski definition) is 3. The summed E-state index contributed by atoms with van der Waals surface area (Å²) in [5.74, 6) is 0. The quantitative estimate of drug-likeness (QED) is 0.243. The second-order valence-corrected chi connectivity index (χ2v) is 9.65. The van der Waals surface area contributed by atoms with Gasteiger partial charge < -0.3 is 0 Å². The summed E-state index contributed by atoms with van der Waals surface area (Å²) in [6, 6.07) is 24.1. The maximum absolute atomic E-state index is 5.12. The molecule has 35 heavy (non-hydrogen) atoms. The second-order valence-electron chi connectivity index (χ2n) is 9.65. The highest BCUT2D eigenvalue weighted by Gasteiger charge is 2.30. The van der Waals surface area contributed by atoms with Crippen LogP contribution in [-0.2, 0) is 12.8 Å². The molecule has 0 atom stereocenters. The van der Waals surface area contributed by atoms with Crippen LogP contribution < -0.4 is 0 Å². The third-order valence-corrected chi connectivity index (χ3v) is 8.02. The molecule has 9 rings (SSSR count). The van der Waals surface area contributed by atoms with Gasteiger partial charge in [-0.1, -0.05) is 48.5 Å². The summed E-state index contributed by atoms with van der Waals surface area (Å²) in [6.07, 6.45) is 7.62. The molecule has 0 saturated carbocycles. The van der Waals surface area contributed by atoms with Gasteiger partial charge in [0.15, 0.2) is 5.65 Å². The number of nitrogens with zero attached hydrogens (tertiary/aromatic N) is 4. The van der Waals surface area contributed by atoms with Gasteiger partial charge in [-0.3, -0.25) is 14.4 Å². The number of hydrogen-bond donors (Lipinski definition) is 0. The van der Waals surface area contributed by atoms with E-state index in [0.29, 0.717) is 0 Å². The Morgan fingerprint density at radius 1 is 0.657 bits per heavy atom. The van der Waals surface area contributed by atoms with Crippen LogP contribution in [0.15, 0.2) is 85.3 Å². The third kappa shape index (κ3) is 2.11. The number of fused-ring (bicyclic) bond motifs is 16. The second kappa shape index (κ2) is 6.10. The van der Waals surface area contributed by atoms with Crippen molar-refractivity contribution in [1.29, 1.82) is 0 Å². The average Bonchev–Trinajstić information content (AvgIpc) is 3.59. The Labute approximate surface area is 200 Å². The molecule has 0 unspecified atom stereocenters. The summed E-state index contributed by atoms with van der Waals surface area (Å²) in [4.78, 5) is 14.3. The Hall–Kier alpha value is -4.57. The van der Waals surface area contributed by atoms with Crippen LogP contribution in [0.5, 0.6) is 0 Å². The molecule has 7 aromatic rings. The fraction of sp³-hybridized carbons (Fsp3) is 0.0645. The zero-order valence-electron chi connectivity index (χ0n) is 18.8. The molecule has 0 saturated heterocycles. The van der Waals surface area contributed by atoms with Crippen molar-refractivity contribution in [3.05, 3.63) is 108 Å². The first-order valence-corrected chi connectivity index (χ1v) is 12.0. The number of pyridine rings is 3. The van der Waals surface area contributed by atoms with Crippen LogP contribution in [-0.4, -0.2) is 19.4 Å². The van der Waals surface area contributed by atoms with Crippen LogP contribution in [0.3, 0.4) is 0 Å². The molecule has 4 heterocycles. The van der Waals surface area contributed by atoms with Crippen molar-refractivity contribution < 1.29 is 0 Å². The molecule has 4 heteroatoms. The van der Waals surface area contributed by atoms with Gasteiger partial charge in [-0.15, -0.1) is 0 Å². The molecule has 0 fully saturated rings. The maximum atomic E-state index is 5.12. The van der Waals surface area contributed by atoms with Crippen molar-refractivity contribution in [1.82, 2.24) is 19.4 Å².